The average molecular weight is 371 g/mol. The Labute approximate surface area is 155 Å². The molecule has 0 atom stereocenters. The molecule has 1 aliphatic heterocycles. The number of carbonyl (C=O) groups is 1. The standard InChI is InChI=1S/C19H21N3O3S/c1-13-17(26-12-20-13)8-11-24-18(23)14-6-9-22(10-7-14)19-21-15-4-2-3-5-16(15)25-19/h2-5,12,14H,6-11H2,1H3. The molecule has 1 aromatic carbocycles. The first-order valence-corrected chi connectivity index (χ1v) is 9.75. The number of aromatic nitrogens is 2. The molecule has 2 aromatic heterocycles. The van der Waals surface area contributed by atoms with Crippen molar-refractivity contribution in [2.75, 3.05) is 24.6 Å². The number of nitrogens with zero attached hydrogens (tertiary/aromatic N) is 3. The Kier molecular flexibility index (Phi) is 4.88. The van der Waals surface area contributed by atoms with Gasteiger partial charge in [0.05, 0.1) is 23.7 Å². The van der Waals surface area contributed by atoms with Crippen LogP contribution >= 0.6 is 11.3 Å². The summed E-state index contributed by atoms with van der Waals surface area (Å²) in [7, 11) is 0. The van der Waals surface area contributed by atoms with E-state index in [0.29, 0.717) is 12.6 Å². The average Bonchev–Trinajstić information content (AvgIpc) is 3.28. The van der Waals surface area contributed by atoms with Crippen molar-refractivity contribution in [2.24, 2.45) is 5.92 Å². The molecule has 136 valence electrons. The van der Waals surface area contributed by atoms with Crippen molar-refractivity contribution < 1.29 is 13.9 Å². The van der Waals surface area contributed by atoms with E-state index in [1.54, 1.807) is 11.3 Å². The maximum Gasteiger partial charge on any atom is 0.309 e. The van der Waals surface area contributed by atoms with E-state index in [2.05, 4.69) is 14.9 Å². The number of esters is 1. The number of rotatable bonds is 5. The van der Waals surface area contributed by atoms with Gasteiger partial charge in [0.1, 0.15) is 5.52 Å². The number of carbonyl (C=O) groups excluding carboxylic acids is 1. The first kappa shape index (κ1) is 17.0. The van der Waals surface area contributed by atoms with Crippen LogP contribution < -0.4 is 4.90 Å². The van der Waals surface area contributed by atoms with Gasteiger partial charge in [-0.3, -0.25) is 4.79 Å². The number of piperidine rings is 1. The number of fused-ring (bicyclic) bond motifs is 1. The molecule has 1 aliphatic rings. The lowest BCUT2D eigenvalue weighted by molar-refractivity contribution is -0.149. The van der Waals surface area contributed by atoms with Crippen molar-refractivity contribution in [3.63, 3.8) is 0 Å². The van der Waals surface area contributed by atoms with Crippen molar-refractivity contribution in [1.82, 2.24) is 9.97 Å². The summed E-state index contributed by atoms with van der Waals surface area (Å²) in [5.41, 5.74) is 4.51. The highest BCUT2D eigenvalue weighted by Gasteiger charge is 2.28. The summed E-state index contributed by atoms with van der Waals surface area (Å²) in [6.45, 7) is 3.91. The molecule has 0 aliphatic carbocycles. The molecule has 0 bridgehead atoms. The van der Waals surface area contributed by atoms with E-state index in [4.69, 9.17) is 9.15 Å². The zero-order valence-electron chi connectivity index (χ0n) is 14.7. The lowest BCUT2D eigenvalue weighted by Crippen LogP contribution is -2.37. The molecular weight excluding hydrogens is 350 g/mol. The number of anilines is 1. The Morgan fingerprint density at radius 2 is 2.15 bits per heavy atom. The van der Waals surface area contributed by atoms with Gasteiger partial charge in [0.15, 0.2) is 5.58 Å². The van der Waals surface area contributed by atoms with Gasteiger partial charge in [-0.1, -0.05) is 12.1 Å². The molecule has 3 heterocycles. The monoisotopic (exact) mass is 371 g/mol. The molecule has 3 aromatic rings. The van der Waals surface area contributed by atoms with Gasteiger partial charge < -0.3 is 14.1 Å². The highest BCUT2D eigenvalue weighted by Crippen LogP contribution is 2.26. The van der Waals surface area contributed by atoms with E-state index >= 15 is 0 Å². The number of benzene rings is 1. The number of thiazole rings is 1. The van der Waals surface area contributed by atoms with Gasteiger partial charge in [-0.2, -0.15) is 4.98 Å². The van der Waals surface area contributed by atoms with Crippen LogP contribution in [0.5, 0.6) is 0 Å². The van der Waals surface area contributed by atoms with E-state index < -0.39 is 0 Å². The Hall–Kier alpha value is -2.41. The molecule has 7 heteroatoms. The molecule has 0 N–H and O–H groups in total. The number of oxazole rings is 1. The Morgan fingerprint density at radius 1 is 1.35 bits per heavy atom. The van der Waals surface area contributed by atoms with Crippen LogP contribution in [0.3, 0.4) is 0 Å². The number of para-hydroxylation sites is 2. The molecule has 4 rings (SSSR count). The Morgan fingerprint density at radius 3 is 2.88 bits per heavy atom. The summed E-state index contributed by atoms with van der Waals surface area (Å²) in [5.74, 6) is -0.137. The predicted molar refractivity (Wildman–Crippen MR) is 100 cm³/mol. The van der Waals surface area contributed by atoms with Crippen LogP contribution in [0.15, 0.2) is 34.2 Å². The Bertz CT molecular complexity index is 863. The summed E-state index contributed by atoms with van der Waals surface area (Å²) in [4.78, 5) is 24.3. The maximum absolute atomic E-state index is 12.3. The fourth-order valence-corrected chi connectivity index (χ4v) is 3.99. The molecular formula is C19H21N3O3S. The SMILES string of the molecule is Cc1ncsc1CCOC(=O)C1CCN(c2nc3ccccc3o2)CC1. The first-order chi connectivity index (χ1) is 12.7. The molecule has 1 fully saturated rings. The molecule has 1 saturated heterocycles. The van der Waals surface area contributed by atoms with Gasteiger partial charge in [-0.05, 0) is 31.9 Å². The summed E-state index contributed by atoms with van der Waals surface area (Å²) < 4.78 is 11.3. The van der Waals surface area contributed by atoms with Gasteiger partial charge in [0.25, 0.3) is 6.01 Å². The van der Waals surface area contributed by atoms with Crippen molar-refractivity contribution in [3.8, 4) is 0 Å². The molecule has 26 heavy (non-hydrogen) atoms. The molecule has 0 saturated carbocycles. The van der Waals surface area contributed by atoms with Crippen LogP contribution in [0.25, 0.3) is 11.1 Å². The smallest absolute Gasteiger partial charge is 0.309 e. The van der Waals surface area contributed by atoms with Crippen LogP contribution in [0.4, 0.5) is 6.01 Å². The van der Waals surface area contributed by atoms with Gasteiger partial charge in [0, 0.05) is 24.4 Å². The van der Waals surface area contributed by atoms with Crippen LogP contribution in [0, 0.1) is 12.8 Å². The second-order valence-electron chi connectivity index (χ2n) is 6.50. The van der Waals surface area contributed by atoms with Gasteiger partial charge in [-0.25, -0.2) is 4.98 Å². The van der Waals surface area contributed by atoms with Crippen molar-refractivity contribution in [2.45, 2.75) is 26.2 Å². The van der Waals surface area contributed by atoms with E-state index in [0.717, 1.165) is 49.1 Å². The van der Waals surface area contributed by atoms with E-state index in [1.165, 1.54) is 4.88 Å². The highest BCUT2D eigenvalue weighted by atomic mass is 32.1. The van der Waals surface area contributed by atoms with Gasteiger partial charge in [0.2, 0.25) is 0 Å². The minimum absolute atomic E-state index is 0.0433. The third-order valence-corrected chi connectivity index (χ3v) is 5.79. The molecule has 0 spiro atoms. The largest absolute Gasteiger partial charge is 0.465 e. The molecule has 0 unspecified atom stereocenters. The summed E-state index contributed by atoms with van der Waals surface area (Å²) in [6.07, 6.45) is 2.26. The lowest BCUT2D eigenvalue weighted by atomic mass is 9.97. The van der Waals surface area contributed by atoms with Crippen LogP contribution in [0.1, 0.15) is 23.4 Å². The second kappa shape index (κ2) is 7.45. The second-order valence-corrected chi connectivity index (χ2v) is 7.44. The predicted octanol–water partition coefficient (Wildman–Crippen LogP) is 3.60. The fourth-order valence-electron chi connectivity index (χ4n) is 3.23. The highest BCUT2D eigenvalue weighted by molar-refractivity contribution is 7.09. The van der Waals surface area contributed by atoms with Crippen LogP contribution in [0.2, 0.25) is 0 Å². The van der Waals surface area contributed by atoms with Gasteiger partial charge in [-0.15, -0.1) is 11.3 Å². The quantitative estimate of drug-likeness (QED) is 0.639. The Balaban J connectivity index is 1.27. The number of hydrogen-bond acceptors (Lipinski definition) is 7. The van der Waals surface area contributed by atoms with Crippen LogP contribution in [-0.4, -0.2) is 35.6 Å². The number of ether oxygens (including phenoxy) is 1. The number of hydrogen-bond donors (Lipinski definition) is 0. The van der Waals surface area contributed by atoms with Gasteiger partial charge >= 0.3 is 5.97 Å². The molecule has 6 nitrogen and oxygen atoms in total. The minimum Gasteiger partial charge on any atom is -0.465 e. The zero-order chi connectivity index (χ0) is 17.9. The van der Waals surface area contributed by atoms with Crippen LogP contribution in [-0.2, 0) is 16.0 Å². The lowest BCUT2D eigenvalue weighted by Gasteiger charge is -2.29. The topological polar surface area (TPSA) is 68.5 Å². The van der Waals surface area contributed by atoms with E-state index in [-0.39, 0.29) is 11.9 Å². The fraction of sp³-hybridized carbons (Fsp3) is 0.421. The van der Waals surface area contributed by atoms with Crippen molar-refractivity contribution in [1.29, 1.82) is 0 Å². The molecule has 0 amide bonds. The van der Waals surface area contributed by atoms with Crippen molar-refractivity contribution >= 4 is 34.4 Å². The first-order valence-electron chi connectivity index (χ1n) is 8.87. The summed E-state index contributed by atoms with van der Waals surface area (Å²) >= 11 is 1.61. The molecule has 0 radical (unpaired) electrons. The zero-order valence-corrected chi connectivity index (χ0v) is 15.5. The van der Waals surface area contributed by atoms with Crippen molar-refractivity contribution in [3.05, 3.63) is 40.3 Å². The third kappa shape index (κ3) is 3.58. The maximum atomic E-state index is 12.3. The van der Waals surface area contributed by atoms with E-state index in [1.807, 2.05) is 36.7 Å². The summed E-state index contributed by atoms with van der Waals surface area (Å²) in [6, 6.07) is 8.38. The normalized spacial score (nSPS) is 15.5. The van der Waals surface area contributed by atoms with E-state index in [9.17, 15) is 4.79 Å². The number of aryl methyl sites for hydroxylation is 1. The summed E-state index contributed by atoms with van der Waals surface area (Å²) in [5, 5.41) is 0. The minimum atomic E-state index is -0.0932. The third-order valence-electron chi connectivity index (χ3n) is 4.80.